The lowest BCUT2D eigenvalue weighted by Gasteiger charge is -2.40. The van der Waals surface area contributed by atoms with Gasteiger partial charge < -0.3 is 31.9 Å². The number of carbonyl (C=O) groups excluding carboxylic acids is 1. The van der Waals surface area contributed by atoms with Gasteiger partial charge in [-0.15, -0.1) is 11.6 Å². The summed E-state index contributed by atoms with van der Waals surface area (Å²) in [5, 5.41) is 7.13. The normalized spacial score (nSPS) is 27.3. The van der Waals surface area contributed by atoms with Crippen LogP contribution < -0.4 is 22.1 Å². The Balaban J connectivity index is 1.72. The lowest BCUT2D eigenvalue weighted by atomic mass is 9.89. The Bertz CT molecular complexity index is 781. The summed E-state index contributed by atoms with van der Waals surface area (Å²) in [5.41, 5.74) is 13.6. The van der Waals surface area contributed by atoms with E-state index < -0.39 is 12.1 Å². The minimum atomic E-state index is -0.762. The van der Waals surface area contributed by atoms with Gasteiger partial charge in [0.05, 0.1) is 23.8 Å². The summed E-state index contributed by atoms with van der Waals surface area (Å²) in [6.07, 6.45) is 16.3. The Hall–Kier alpha value is -1.16. The van der Waals surface area contributed by atoms with Crippen molar-refractivity contribution >= 4 is 17.5 Å². The highest BCUT2D eigenvalue weighted by atomic mass is 35.5. The van der Waals surface area contributed by atoms with Crippen molar-refractivity contribution in [2.45, 2.75) is 101 Å². The van der Waals surface area contributed by atoms with E-state index in [-0.39, 0.29) is 29.4 Å². The van der Waals surface area contributed by atoms with Crippen LogP contribution in [0.3, 0.4) is 0 Å². The largest absolute Gasteiger partial charge is 0.356 e. The Labute approximate surface area is 236 Å². The second-order valence-corrected chi connectivity index (χ2v) is 12.6. The SMILES string of the molecule is CCCCC(NC1CCCCCC1Cl)C(C(=O)NC1=CN(C)C=CC1N1CCC(CN(C)C)CC1)C(N)N. The number of alkyl halides is 1. The zero-order chi connectivity index (χ0) is 27.7. The summed E-state index contributed by atoms with van der Waals surface area (Å²) in [4.78, 5) is 20.7. The Morgan fingerprint density at radius 1 is 1.16 bits per heavy atom. The third kappa shape index (κ3) is 9.20. The summed E-state index contributed by atoms with van der Waals surface area (Å²) in [5.74, 6) is 0.0753. The molecule has 218 valence electrons. The molecule has 5 unspecified atom stereocenters. The number of nitrogens with two attached hydrogens (primary N) is 2. The molecule has 1 saturated carbocycles. The number of piperidine rings is 1. The van der Waals surface area contributed by atoms with E-state index in [1.807, 2.05) is 18.1 Å². The fourth-order valence-electron chi connectivity index (χ4n) is 6.38. The first-order valence-electron chi connectivity index (χ1n) is 14.9. The van der Waals surface area contributed by atoms with Crippen molar-refractivity contribution < 1.29 is 4.79 Å². The van der Waals surface area contributed by atoms with Gasteiger partial charge in [0, 0.05) is 43.5 Å². The van der Waals surface area contributed by atoms with Crippen molar-refractivity contribution in [2.75, 3.05) is 40.8 Å². The Morgan fingerprint density at radius 3 is 2.53 bits per heavy atom. The number of rotatable bonds is 12. The molecule has 1 amide bonds. The number of hydrogen-bond donors (Lipinski definition) is 4. The first-order valence-corrected chi connectivity index (χ1v) is 15.4. The van der Waals surface area contributed by atoms with Crippen LogP contribution in [0.2, 0.25) is 0 Å². The highest BCUT2D eigenvalue weighted by Crippen LogP contribution is 2.27. The molecule has 8 nitrogen and oxygen atoms in total. The number of unbranched alkanes of at least 4 members (excludes halogenated alkanes) is 1. The predicted octanol–water partition coefficient (Wildman–Crippen LogP) is 2.99. The summed E-state index contributed by atoms with van der Waals surface area (Å²) in [6.45, 7) is 5.34. The summed E-state index contributed by atoms with van der Waals surface area (Å²) < 4.78 is 0. The van der Waals surface area contributed by atoms with Crippen LogP contribution in [0.25, 0.3) is 0 Å². The molecule has 0 spiro atoms. The molecule has 0 aromatic carbocycles. The minimum Gasteiger partial charge on any atom is -0.356 e. The van der Waals surface area contributed by atoms with Crippen molar-refractivity contribution in [1.29, 1.82) is 0 Å². The van der Waals surface area contributed by atoms with E-state index >= 15 is 0 Å². The Kier molecular flexibility index (Phi) is 12.9. The van der Waals surface area contributed by atoms with Gasteiger partial charge in [0.25, 0.3) is 0 Å². The van der Waals surface area contributed by atoms with Gasteiger partial charge in [-0.2, -0.15) is 0 Å². The number of likely N-dealkylation sites (tertiary alicyclic amines) is 1. The molecule has 3 rings (SSSR count). The smallest absolute Gasteiger partial charge is 0.231 e. The van der Waals surface area contributed by atoms with Crippen molar-refractivity contribution in [3.05, 3.63) is 24.2 Å². The van der Waals surface area contributed by atoms with Crippen LogP contribution in [-0.2, 0) is 4.79 Å². The summed E-state index contributed by atoms with van der Waals surface area (Å²) >= 11 is 6.79. The number of nitrogens with one attached hydrogen (secondary N) is 2. The monoisotopic (exact) mass is 551 g/mol. The van der Waals surface area contributed by atoms with Crippen molar-refractivity contribution in [1.82, 2.24) is 25.3 Å². The minimum absolute atomic E-state index is 0.0428. The van der Waals surface area contributed by atoms with Crippen molar-refractivity contribution in [3.8, 4) is 0 Å². The number of amides is 1. The van der Waals surface area contributed by atoms with Crippen LogP contribution in [0.15, 0.2) is 24.2 Å². The second-order valence-electron chi connectivity index (χ2n) is 12.0. The molecule has 5 atom stereocenters. The molecule has 0 aromatic rings. The molecule has 38 heavy (non-hydrogen) atoms. The number of hydrogen-bond acceptors (Lipinski definition) is 7. The molecule has 9 heteroatoms. The van der Waals surface area contributed by atoms with Gasteiger partial charge in [0.2, 0.25) is 5.91 Å². The first-order chi connectivity index (χ1) is 18.2. The lowest BCUT2D eigenvalue weighted by molar-refractivity contribution is -0.126. The van der Waals surface area contributed by atoms with Gasteiger partial charge in [-0.1, -0.05) is 39.0 Å². The van der Waals surface area contributed by atoms with Crippen LogP contribution >= 0.6 is 11.6 Å². The van der Waals surface area contributed by atoms with E-state index in [1.54, 1.807) is 0 Å². The van der Waals surface area contributed by atoms with Gasteiger partial charge in [-0.25, -0.2) is 0 Å². The van der Waals surface area contributed by atoms with Crippen LogP contribution in [0.1, 0.15) is 71.1 Å². The maximum Gasteiger partial charge on any atom is 0.231 e. The van der Waals surface area contributed by atoms with Gasteiger partial charge in [0.15, 0.2) is 0 Å². The average Bonchev–Trinajstić information content (AvgIpc) is 3.06. The number of halogens is 1. The standard InChI is InChI=1S/C29H54ClN7O/c1-5-6-11-24(33-23-12-9-7-8-10-22(23)30)27(28(31)32)29(38)34-25-20-36(4)16-15-26(25)37-17-13-21(14-18-37)19-35(2)3/h15-16,20-24,26-28,33H,5-14,17-19,31-32H2,1-4H3,(H,34,38). The van der Waals surface area contributed by atoms with Crippen LogP contribution in [0.5, 0.6) is 0 Å². The van der Waals surface area contributed by atoms with E-state index in [0.29, 0.717) is 0 Å². The molecule has 2 heterocycles. The van der Waals surface area contributed by atoms with Crippen LogP contribution in [0.4, 0.5) is 0 Å². The molecule has 1 aliphatic carbocycles. The molecule has 6 N–H and O–H groups in total. The zero-order valence-corrected chi connectivity index (χ0v) is 25.0. The molecule has 2 fully saturated rings. The fraction of sp³-hybridized carbons (Fsp3) is 0.828. The Morgan fingerprint density at radius 2 is 1.87 bits per heavy atom. The van der Waals surface area contributed by atoms with Crippen molar-refractivity contribution in [3.63, 3.8) is 0 Å². The molecule has 0 radical (unpaired) electrons. The van der Waals surface area contributed by atoms with E-state index in [4.69, 9.17) is 23.1 Å². The molecular weight excluding hydrogens is 498 g/mol. The third-order valence-corrected chi connectivity index (χ3v) is 9.00. The molecule has 1 saturated heterocycles. The molecule has 0 aromatic heterocycles. The van der Waals surface area contributed by atoms with Gasteiger partial charge in [-0.05, 0) is 71.3 Å². The second kappa shape index (κ2) is 15.6. The fourth-order valence-corrected chi connectivity index (χ4v) is 6.73. The van der Waals surface area contributed by atoms with Crippen LogP contribution in [-0.4, -0.2) is 91.1 Å². The highest BCUT2D eigenvalue weighted by Gasteiger charge is 2.37. The zero-order valence-electron chi connectivity index (χ0n) is 24.2. The van der Waals surface area contributed by atoms with Gasteiger partial charge in [-0.3, -0.25) is 9.69 Å². The predicted molar refractivity (Wildman–Crippen MR) is 158 cm³/mol. The van der Waals surface area contributed by atoms with Gasteiger partial charge in [0.1, 0.15) is 0 Å². The van der Waals surface area contributed by atoms with E-state index in [1.165, 1.54) is 19.3 Å². The molecule has 0 bridgehead atoms. The maximum absolute atomic E-state index is 13.9. The van der Waals surface area contributed by atoms with E-state index in [9.17, 15) is 4.79 Å². The average molecular weight is 552 g/mol. The quantitative estimate of drug-likeness (QED) is 0.168. The molecule has 2 aliphatic heterocycles. The summed E-state index contributed by atoms with van der Waals surface area (Å²) in [7, 11) is 6.28. The van der Waals surface area contributed by atoms with Crippen LogP contribution in [0, 0.1) is 11.8 Å². The number of carbonyl (C=O) groups is 1. The van der Waals surface area contributed by atoms with E-state index in [0.717, 1.165) is 76.2 Å². The summed E-state index contributed by atoms with van der Waals surface area (Å²) in [6, 6.07) is 0.104. The van der Waals surface area contributed by atoms with E-state index in [2.05, 4.69) is 53.7 Å². The molecular formula is C29H54ClN7O. The highest BCUT2D eigenvalue weighted by molar-refractivity contribution is 6.21. The topological polar surface area (TPSA) is 103 Å². The maximum atomic E-state index is 13.9. The number of nitrogens with zero attached hydrogens (tertiary/aromatic N) is 3. The third-order valence-electron chi connectivity index (χ3n) is 8.48. The first kappa shape index (κ1) is 31.4. The molecule has 3 aliphatic rings. The lowest BCUT2D eigenvalue weighted by Crippen LogP contribution is -2.59. The van der Waals surface area contributed by atoms with Gasteiger partial charge >= 0.3 is 0 Å². The van der Waals surface area contributed by atoms with Crippen molar-refractivity contribution in [2.24, 2.45) is 23.3 Å².